The molecule has 0 aliphatic heterocycles. The number of benzene rings is 1. The fourth-order valence-electron chi connectivity index (χ4n) is 1.61. The van der Waals surface area contributed by atoms with Crippen molar-refractivity contribution < 1.29 is 27.9 Å². The summed E-state index contributed by atoms with van der Waals surface area (Å²) in [5, 5.41) is 11.0. The molecule has 0 aliphatic rings. The quantitative estimate of drug-likeness (QED) is 0.808. The molecule has 0 aliphatic carbocycles. The normalized spacial score (nSPS) is 12.9. The number of carboxylic acid groups (broad SMARTS) is 1. The Morgan fingerprint density at radius 3 is 2.04 bits per heavy atom. The van der Waals surface area contributed by atoms with Crippen molar-refractivity contribution in [2.45, 2.75) is 45.5 Å². The molecule has 130 valence electrons. The van der Waals surface area contributed by atoms with E-state index in [9.17, 15) is 18.0 Å². The zero-order valence-corrected chi connectivity index (χ0v) is 13.9. The number of hydrogen-bond acceptors (Lipinski definition) is 3. The van der Waals surface area contributed by atoms with E-state index in [4.69, 9.17) is 21.5 Å². The third-order valence-corrected chi connectivity index (χ3v) is 2.63. The first-order valence-corrected chi connectivity index (χ1v) is 6.99. The fraction of sp³-hybridized carbons (Fsp3) is 0.467. The summed E-state index contributed by atoms with van der Waals surface area (Å²) in [5.41, 5.74) is 0.574. The molecule has 1 aromatic carbocycles. The standard InChI is InChI=1S/C13H18ClNO.C2HF3O2/c1-9(15-13(2,3)4)12(16)10-6-5-7-11(14)8-10;3-2(4,5)1(6)7/h5-9,15H,1-4H3;(H,6,7). The number of nitrogens with one attached hydrogen (secondary N) is 1. The maximum absolute atomic E-state index is 12.1. The van der Waals surface area contributed by atoms with E-state index in [0.717, 1.165) is 0 Å². The largest absolute Gasteiger partial charge is 0.490 e. The minimum absolute atomic E-state index is 0.0671. The van der Waals surface area contributed by atoms with Gasteiger partial charge in [0.15, 0.2) is 5.78 Å². The molecule has 1 atom stereocenters. The number of halogens is 4. The minimum atomic E-state index is -5.08. The highest BCUT2D eigenvalue weighted by molar-refractivity contribution is 6.31. The Bertz CT molecular complexity index is 554. The number of Topliss-reactive ketones (excluding diaryl/α,β-unsaturated/α-hetero) is 1. The molecule has 4 nitrogen and oxygen atoms in total. The maximum atomic E-state index is 12.1. The van der Waals surface area contributed by atoms with Crippen LogP contribution >= 0.6 is 11.6 Å². The molecule has 0 fully saturated rings. The maximum Gasteiger partial charge on any atom is 0.490 e. The van der Waals surface area contributed by atoms with Gasteiger partial charge < -0.3 is 10.4 Å². The molecule has 0 radical (unpaired) electrons. The van der Waals surface area contributed by atoms with Gasteiger partial charge in [-0.3, -0.25) is 4.79 Å². The Hall–Kier alpha value is -1.60. The van der Waals surface area contributed by atoms with Gasteiger partial charge in [0.2, 0.25) is 0 Å². The van der Waals surface area contributed by atoms with Gasteiger partial charge in [-0.1, -0.05) is 23.7 Å². The zero-order valence-electron chi connectivity index (χ0n) is 13.2. The second kappa shape index (κ2) is 8.31. The fourth-order valence-corrected chi connectivity index (χ4v) is 1.80. The summed E-state index contributed by atoms with van der Waals surface area (Å²) in [5.74, 6) is -2.69. The molecular weight excluding hydrogens is 335 g/mol. The Morgan fingerprint density at radius 1 is 1.22 bits per heavy atom. The summed E-state index contributed by atoms with van der Waals surface area (Å²) < 4.78 is 31.7. The van der Waals surface area contributed by atoms with E-state index in [1.165, 1.54) is 0 Å². The average molecular weight is 354 g/mol. The molecule has 1 aromatic rings. The molecule has 23 heavy (non-hydrogen) atoms. The van der Waals surface area contributed by atoms with Gasteiger partial charge in [0, 0.05) is 16.1 Å². The third-order valence-electron chi connectivity index (χ3n) is 2.39. The van der Waals surface area contributed by atoms with E-state index in [1.54, 1.807) is 24.3 Å². The van der Waals surface area contributed by atoms with Gasteiger partial charge in [-0.2, -0.15) is 13.2 Å². The number of carboxylic acids is 1. The van der Waals surface area contributed by atoms with Crippen molar-refractivity contribution >= 4 is 23.4 Å². The van der Waals surface area contributed by atoms with Gasteiger partial charge in [0.25, 0.3) is 0 Å². The lowest BCUT2D eigenvalue weighted by Crippen LogP contribution is -2.46. The SMILES string of the molecule is CC(NC(C)(C)C)C(=O)c1cccc(Cl)c1.O=C(O)C(F)(F)F. The predicted molar refractivity (Wildman–Crippen MR) is 81.8 cm³/mol. The van der Waals surface area contributed by atoms with Gasteiger partial charge in [-0.15, -0.1) is 0 Å². The molecule has 8 heteroatoms. The molecule has 0 saturated heterocycles. The Kier molecular flexibility index (Phi) is 7.73. The highest BCUT2D eigenvalue weighted by Crippen LogP contribution is 2.14. The van der Waals surface area contributed by atoms with Crippen LogP contribution in [0.4, 0.5) is 13.2 Å². The van der Waals surface area contributed by atoms with Crippen LogP contribution in [0.5, 0.6) is 0 Å². The van der Waals surface area contributed by atoms with Crippen LogP contribution in [0.15, 0.2) is 24.3 Å². The van der Waals surface area contributed by atoms with Crippen molar-refractivity contribution in [2.75, 3.05) is 0 Å². The van der Waals surface area contributed by atoms with Crippen LogP contribution < -0.4 is 5.32 Å². The number of hydrogen-bond donors (Lipinski definition) is 2. The first-order valence-electron chi connectivity index (χ1n) is 6.61. The number of ketones is 1. The Labute approximate surface area is 137 Å². The van der Waals surface area contributed by atoms with Crippen LogP contribution in [0.1, 0.15) is 38.1 Å². The summed E-state index contributed by atoms with van der Waals surface area (Å²) in [7, 11) is 0. The van der Waals surface area contributed by atoms with Crippen molar-refractivity contribution in [1.82, 2.24) is 5.32 Å². The molecule has 1 rings (SSSR count). The van der Waals surface area contributed by atoms with Crippen LogP contribution in [0.25, 0.3) is 0 Å². The van der Waals surface area contributed by atoms with Gasteiger partial charge in [-0.05, 0) is 39.8 Å². The highest BCUT2D eigenvalue weighted by Gasteiger charge is 2.38. The van der Waals surface area contributed by atoms with Crippen LogP contribution in [-0.4, -0.2) is 34.6 Å². The summed E-state index contributed by atoms with van der Waals surface area (Å²) in [6.45, 7) is 7.98. The zero-order chi connectivity index (χ0) is 18.4. The first kappa shape index (κ1) is 21.4. The van der Waals surface area contributed by atoms with Crippen molar-refractivity contribution in [1.29, 1.82) is 0 Å². The van der Waals surface area contributed by atoms with Crippen molar-refractivity contribution in [3.05, 3.63) is 34.9 Å². The highest BCUT2D eigenvalue weighted by atomic mass is 35.5. The molecule has 0 amide bonds. The Balaban J connectivity index is 0.000000585. The summed E-state index contributed by atoms with van der Waals surface area (Å²) in [6, 6.07) is 6.83. The molecule has 0 spiro atoms. The number of aliphatic carboxylic acids is 1. The predicted octanol–water partition coefficient (Wildman–Crippen LogP) is 3.93. The van der Waals surface area contributed by atoms with Crippen molar-refractivity contribution in [2.24, 2.45) is 0 Å². The summed E-state index contributed by atoms with van der Waals surface area (Å²) >= 11 is 5.85. The number of carbonyl (C=O) groups excluding carboxylic acids is 1. The topological polar surface area (TPSA) is 66.4 Å². The van der Waals surface area contributed by atoms with Gasteiger partial charge in [-0.25, -0.2) is 4.79 Å². The molecule has 0 heterocycles. The van der Waals surface area contributed by atoms with Crippen LogP contribution in [0.3, 0.4) is 0 Å². The van der Waals surface area contributed by atoms with E-state index in [1.807, 2.05) is 27.7 Å². The van der Waals surface area contributed by atoms with Crippen molar-refractivity contribution in [3.63, 3.8) is 0 Å². The van der Waals surface area contributed by atoms with Crippen LogP contribution in [-0.2, 0) is 4.79 Å². The molecule has 0 bridgehead atoms. The second-order valence-corrected chi connectivity index (χ2v) is 6.23. The van der Waals surface area contributed by atoms with E-state index < -0.39 is 12.1 Å². The molecule has 2 N–H and O–H groups in total. The van der Waals surface area contributed by atoms with E-state index in [-0.39, 0.29) is 17.4 Å². The monoisotopic (exact) mass is 353 g/mol. The van der Waals surface area contributed by atoms with E-state index >= 15 is 0 Å². The molecule has 1 unspecified atom stereocenters. The van der Waals surface area contributed by atoms with Gasteiger partial charge in [0.1, 0.15) is 0 Å². The lowest BCUT2D eigenvalue weighted by molar-refractivity contribution is -0.192. The second-order valence-electron chi connectivity index (χ2n) is 5.79. The summed E-state index contributed by atoms with van der Waals surface area (Å²) in [6.07, 6.45) is -5.08. The lowest BCUT2D eigenvalue weighted by Gasteiger charge is -2.25. The lowest BCUT2D eigenvalue weighted by atomic mass is 10.0. The van der Waals surface area contributed by atoms with E-state index in [2.05, 4.69) is 5.32 Å². The van der Waals surface area contributed by atoms with Gasteiger partial charge in [0.05, 0.1) is 6.04 Å². The Morgan fingerprint density at radius 2 is 1.70 bits per heavy atom. The first-order chi connectivity index (χ1) is 10.2. The number of rotatable bonds is 3. The third kappa shape index (κ3) is 9.20. The number of carbonyl (C=O) groups is 2. The average Bonchev–Trinajstić information content (AvgIpc) is 2.35. The molecule has 0 aromatic heterocycles. The van der Waals surface area contributed by atoms with Crippen LogP contribution in [0, 0.1) is 0 Å². The van der Waals surface area contributed by atoms with Gasteiger partial charge >= 0.3 is 12.1 Å². The number of alkyl halides is 3. The smallest absolute Gasteiger partial charge is 0.475 e. The van der Waals surface area contributed by atoms with E-state index in [0.29, 0.717) is 10.6 Å². The van der Waals surface area contributed by atoms with Crippen LogP contribution in [0.2, 0.25) is 5.02 Å². The van der Waals surface area contributed by atoms with Crippen molar-refractivity contribution in [3.8, 4) is 0 Å². The minimum Gasteiger partial charge on any atom is -0.475 e. The molecule has 0 saturated carbocycles. The summed E-state index contributed by atoms with van der Waals surface area (Å²) in [4.78, 5) is 20.9. The molecular formula is C15H19ClF3NO3.